The van der Waals surface area contributed by atoms with Gasteiger partial charge in [0.1, 0.15) is 19.3 Å². The highest BCUT2D eigenvalue weighted by Crippen LogP contribution is 2.68. The lowest BCUT2D eigenvalue weighted by molar-refractivity contribution is -0.216. The van der Waals surface area contributed by atoms with E-state index in [9.17, 15) is 19.2 Å². The van der Waals surface area contributed by atoms with Crippen LogP contribution in [0.4, 0.5) is 0 Å². The fourth-order valence-electron chi connectivity index (χ4n) is 12.3. The van der Waals surface area contributed by atoms with Crippen LogP contribution >= 0.6 is 0 Å². The van der Waals surface area contributed by atoms with E-state index in [0.717, 1.165) is 32.1 Å². The lowest BCUT2D eigenvalue weighted by Crippen LogP contribution is -2.54. The van der Waals surface area contributed by atoms with Crippen LogP contribution in [-0.2, 0) is 33.2 Å². The molecule has 4 saturated carbocycles. The average Bonchev–Trinajstić information content (AvgIpc) is 3.94. The van der Waals surface area contributed by atoms with Crippen molar-refractivity contribution < 1.29 is 47.6 Å². The van der Waals surface area contributed by atoms with Crippen molar-refractivity contribution in [3.8, 4) is 0 Å². The molecule has 2 aliphatic heterocycles. The van der Waals surface area contributed by atoms with Crippen LogP contribution in [0.25, 0.3) is 0 Å². The SMILES string of the molecule is C[C@]12CC[C@H](OC3O[C@@H](COC(=O)c4ccccc4)[C@H](OC(=O)c4ccccc4)[C@@H]3OC(=O)c3ccccc3)C[C@H]1CC[C@@H]1[C@@H]2CC[C@]2(C)[C@@H](C3=CC(=O)OC3)CC[C@@H]12. The Morgan fingerprint density at radius 3 is 1.90 bits per heavy atom. The molecule has 10 nitrogen and oxygen atoms in total. The first kappa shape index (κ1) is 39.6. The molecule has 310 valence electrons. The van der Waals surface area contributed by atoms with E-state index in [2.05, 4.69) is 13.8 Å². The molecule has 5 fully saturated rings. The molecule has 9 rings (SSSR count). The van der Waals surface area contributed by atoms with Crippen LogP contribution < -0.4 is 0 Å². The molecule has 0 bridgehead atoms. The van der Waals surface area contributed by atoms with E-state index in [1.165, 1.54) is 31.3 Å². The van der Waals surface area contributed by atoms with Gasteiger partial charge in [-0.15, -0.1) is 0 Å². The highest BCUT2D eigenvalue weighted by molar-refractivity contribution is 5.91. The number of carbonyl (C=O) groups is 4. The molecule has 4 aliphatic carbocycles. The molecule has 0 aromatic heterocycles. The Labute approximate surface area is 345 Å². The number of hydrogen-bond donors (Lipinski definition) is 0. The topological polar surface area (TPSA) is 124 Å². The minimum atomic E-state index is -1.14. The summed E-state index contributed by atoms with van der Waals surface area (Å²) in [6.07, 6.45) is 6.93. The second-order valence-electron chi connectivity index (χ2n) is 18.2. The maximum atomic E-state index is 13.7. The van der Waals surface area contributed by atoms with Crippen molar-refractivity contribution in [1.82, 2.24) is 0 Å². The van der Waals surface area contributed by atoms with Crippen LogP contribution in [0.3, 0.4) is 0 Å². The molecule has 12 atom stereocenters. The summed E-state index contributed by atoms with van der Waals surface area (Å²) in [5, 5.41) is 0. The molecule has 1 saturated heterocycles. The number of cyclic esters (lactones) is 1. The number of benzene rings is 3. The Bertz CT molecular complexity index is 2050. The Morgan fingerprint density at radius 1 is 0.678 bits per heavy atom. The first-order chi connectivity index (χ1) is 28.6. The van der Waals surface area contributed by atoms with Crippen LogP contribution in [0.15, 0.2) is 103 Å². The first-order valence-electron chi connectivity index (χ1n) is 21.5. The molecule has 6 aliphatic rings. The van der Waals surface area contributed by atoms with Gasteiger partial charge in [-0.3, -0.25) is 0 Å². The quantitative estimate of drug-likeness (QED) is 0.146. The summed E-state index contributed by atoms with van der Waals surface area (Å²) in [5.41, 5.74) is 2.60. The van der Waals surface area contributed by atoms with Gasteiger partial charge in [0.2, 0.25) is 0 Å². The minimum Gasteiger partial charge on any atom is -0.459 e. The van der Waals surface area contributed by atoms with Crippen LogP contribution in [-0.4, -0.2) is 67.8 Å². The summed E-state index contributed by atoms with van der Waals surface area (Å²) >= 11 is 0. The van der Waals surface area contributed by atoms with Gasteiger partial charge < -0.3 is 28.4 Å². The second-order valence-corrected chi connectivity index (χ2v) is 18.2. The monoisotopic (exact) mass is 802 g/mol. The number of fused-ring (bicyclic) bond motifs is 5. The lowest BCUT2D eigenvalue weighted by Gasteiger charge is -2.61. The molecule has 2 heterocycles. The predicted molar refractivity (Wildman–Crippen MR) is 216 cm³/mol. The third kappa shape index (κ3) is 7.63. The van der Waals surface area contributed by atoms with Crippen LogP contribution in [0.1, 0.15) is 103 Å². The van der Waals surface area contributed by atoms with Gasteiger partial charge >= 0.3 is 23.9 Å². The number of ether oxygens (including phenoxy) is 6. The third-order valence-electron chi connectivity index (χ3n) is 15.2. The standard InChI is InChI=1S/C49H54O10/c1-48-24-22-35(27-34(48)18-19-36-38-21-20-37(33-26-41(50)54-28-33)49(38,2)25-23-39(36)48)56-47-43(59-46(53)32-16-10-5-11-17-32)42(58-45(52)31-14-8-4-9-15-31)40(57-47)29-55-44(51)30-12-6-3-7-13-30/h3-17,26,34-40,42-43,47H,18-25,27-29H2,1-2H3/t34-,35+,36+,37-,38+,39+,40+,42+,43+,47?,48+,49-/m1/s1. The molecule has 0 spiro atoms. The Kier molecular flexibility index (Phi) is 11.0. The van der Waals surface area contributed by atoms with Crippen molar-refractivity contribution in [2.75, 3.05) is 13.2 Å². The summed E-state index contributed by atoms with van der Waals surface area (Å²) in [4.78, 5) is 52.4. The molecule has 1 unspecified atom stereocenters. The van der Waals surface area contributed by atoms with Gasteiger partial charge in [0.15, 0.2) is 18.5 Å². The van der Waals surface area contributed by atoms with Crippen molar-refractivity contribution >= 4 is 23.9 Å². The van der Waals surface area contributed by atoms with E-state index in [1.807, 2.05) is 18.2 Å². The highest BCUT2D eigenvalue weighted by Gasteiger charge is 2.61. The fourth-order valence-corrected chi connectivity index (χ4v) is 12.3. The second kappa shape index (κ2) is 16.3. The molecule has 3 aromatic rings. The summed E-state index contributed by atoms with van der Waals surface area (Å²) in [7, 11) is 0. The Hall–Kier alpha value is -4.80. The van der Waals surface area contributed by atoms with Crippen LogP contribution in [0.2, 0.25) is 0 Å². The summed E-state index contributed by atoms with van der Waals surface area (Å²) in [6, 6.07) is 25.9. The molecule has 0 N–H and O–H groups in total. The molecule has 0 radical (unpaired) electrons. The van der Waals surface area contributed by atoms with Gasteiger partial charge in [-0.1, -0.05) is 68.4 Å². The van der Waals surface area contributed by atoms with Crippen LogP contribution in [0, 0.1) is 40.4 Å². The summed E-state index contributed by atoms with van der Waals surface area (Å²) in [5.74, 6) is 0.837. The fraction of sp³-hybridized carbons (Fsp3) is 0.510. The average molecular weight is 803 g/mol. The van der Waals surface area contributed by atoms with Crippen molar-refractivity contribution in [3.63, 3.8) is 0 Å². The minimum absolute atomic E-state index is 0.172. The molecular formula is C49H54O10. The normalized spacial score (nSPS) is 36.0. The van der Waals surface area contributed by atoms with Gasteiger partial charge in [-0.05, 0) is 140 Å². The number of rotatable bonds is 10. The largest absolute Gasteiger partial charge is 0.459 e. The van der Waals surface area contributed by atoms with Crippen LogP contribution in [0.5, 0.6) is 0 Å². The summed E-state index contributed by atoms with van der Waals surface area (Å²) in [6.45, 7) is 5.19. The first-order valence-corrected chi connectivity index (χ1v) is 21.5. The van der Waals surface area contributed by atoms with E-state index in [-0.39, 0.29) is 29.5 Å². The van der Waals surface area contributed by atoms with E-state index in [4.69, 9.17) is 28.4 Å². The van der Waals surface area contributed by atoms with Gasteiger partial charge in [0, 0.05) is 6.08 Å². The molecule has 0 amide bonds. The lowest BCUT2D eigenvalue weighted by atomic mass is 9.44. The van der Waals surface area contributed by atoms with Gasteiger partial charge in [0.05, 0.1) is 22.8 Å². The zero-order valence-electron chi connectivity index (χ0n) is 33.9. The zero-order valence-corrected chi connectivity index (χ0v) is 33.9. The maximum absolute atomic E-state index is 13.7. The smallest absolute Gasteiger partial charge is 0.338 e. The Morgan fingerprint density at radius 2 is 1.27 bits per heavy atom. The highest BCUT2D eigenvalue weighted by atomic mass is 16.7. The van der Waals surface area contributed by atoms with Gasteiger partial charge in [0.25, 0.3) is 0 Å². The maximum Gasteiger partial charge on any atom is 0.338 e. The molecular weight excluding hydrogens is 749 g/mol. The van der Waals surface area contributed by atoms with E-state index in [0.29, 0.717) is 52.9 Å². The van der Waals surface area contributed by atoms with Crippen molar-refractivity contribution in [2.24, 2.45) is 40.4 Å². The zero-order chi connectivity index (χ0) is 40.7. The summed E-state index contributed by atoms with van der Waals surface area (Å²) < 4.78 is 36.8. The molecule has 10 heteroatoms. The van der Waals surface area contributed by atoms with E-state index < -0.39 is 42.5 Å². The van der Waals surface area contributed by atoms with Crippen molar-refractivity contribution in [1.29, 1.82) is 0 Å². The number of esters is 4. The Balaban J connectivity index is 0.934. The van der Waals surface area contributed by atoms with E-state index in [1.54, 1.807) is 78.9 Å². The van der Waals surface area contributed by atoms with Gasteiger partial charge in [-0.2, -0.15) is 0 Å². The van der Waals surface area contributed by atoms with Crippen molar-refractivity contribution in [3.05, 3.63) is 119 Å². The molecule has 3 aromatic carbocycles. The number of carbonyl (C=O) groups excluding carboxylic acids is 4. The number of hydrogen-bond acceptors (Lipinski definition) is 10. The van der Waals surface area contributed by atoms with E-state index >= 15 is 0 Å². The third-order valence-corrected chi connectivity index (χ3v) is 15.2. The van der Waals surface area contributed by atoms with Crippen molar-refractivity contribution in [2.45, 2.75) is 102 Å². The van der Waals surface area contributed by atoms with Gasteiger partial charge in [-0.25, -0.2) is 19.2 Å². The molecule has 59 heavy (non-hydrogen) atoms. The predicted octanol–water partition coefficient (Wildman–Crippen LogP) is 8.55.